The van der Waals surface area contributed by atoms with Gasteiger partial charge in [-0.2, -0.15) is 0 Å². The van der Waals surface area contributed by atoms with E-state index in [4.69, 9.17) is 18.9 Å². The molecule has 0 spiro atoms. The molecule has 2 unspecified atom stereocenters. The van der Waals surface area contributed by atoms with Gasteiger partial charge >= 0.3 is 0 Å². The van der Waals surface area contributed by atoms with Gasteiger partial charge < -0.3 is 23.8 Å². The molecule has 0 radical (unpaired) electrons. The van der Waals surface area contributed by atoms with Crippen LogP contribution in [0.2, 0.25) is 0 Å². The van der Waals surface area contributed by atoms with E-state index in [0.717, 1.165) is 5.56 Å². The second kappa shape index (κ2) is 7.13. The lowest BCUT2D eigenvalue weighted by molar-refractivity contribution is -0.137. The molecule has 1 aromatic carbocycles. The molecule has 2 aliphatic heterocycles. The summed E-state index contributed by atoms with van der Waals surface area (Å²) in [6.45, 7) is 6.18. The largest absolute Gasteiger partial charge is 0.493 e. The molecule has 6 nitrogen and oxygen atoms in total. The standard InChI is InChI=1S/C18H23NO5/c1-12-10-19(11-13(2)24-12)17(20)5-4-14-8-15(21-3)18-16(9-14)22-6-7-23-18/h4-5,8-9,12-13H,6-7,10-11H2,1-3H3/b5-4+. The smallest absolute Gasteiger partial charge is 0.246 e. The Balaban J connectivity index is 1.75. The van der Waals surface area contributed by atoms with Crippen LogP contribution in [0.15, 0.2) is 18.2 Å². The first kappa shape index (κ1) is 16.6. The number of nitrogens with zero attached hydrogens (tertiary/aromatic N) is 1. The molecule has 6 heteroatoms. The van der Waals surface area contributed by atoms with Gasteiger partial charge in [0, 0.05) is 19.2 Å². The fraction of sp³-hybridized carbons (Fsp3) is 0.500. The van der Waals surface area contributed by atoms with Crippen LogP contribution in [-0.2, 0) is 9.53 Å². The third-order valence-electron chi connectivity index (χ3n) is 4.00. The highest BCUT2D eigenvalue weighted by molar-refractivity contribution is 5.92. The third-order valence-corrected chi connectivity index (χ3v) is 4.00. The van der Waals surface area contributed by atoms with E-state index in [1.807, 2.05) is 30.9 Å². The van der Waals surface area contributed by atoms with Gasteiger partial charge in [0.15, 0.2) is 11.5 Å². The first-order valence-electron chi connectivity index (χ1n) is 8.17. The van der Waals surface area contributed by atoms with Crippen LogP contribution in [0.25, 0.3) is 6.08 Å². The second-order valence-electron chi connectivity index (χ2n) is 6.08. The Bertz CT molecular complexity index is 615. The van der Waals surface area contributed by atoms with Gasteiger partial charge in [0.05, 0.1) is 19.3 Å². The number of carbonyl (C=O) groups is 1. The Labute approximate surface area is 141 Å². The van der Waals surface area contributed by atoms with E-state index in [2.05, 4.69) is 0 Å². The van der Waals surface area contributed by atoms with E-state index >= 15 is 0 Å². The number of rotatable bonds is 3. The van der Waals surface area contributed by atoms with Crippen LogP contribution in [0.4, 0.5) is 0 Å². The summed E-state index contributed by atoms with van der Waals surface area (Å²) >= 11 is 0. The zero-order valence-corrected chi connectivity index (χ0v) is 14.3. The van der Waals surface area contributed by atoms with Crippen LogP contribution in [0, 0.1) is 0 Å². The van der Waals surface area contributed by atoms with Gasteiger partial charge in [-0.25, -0.2) is 0 Å². The van der Waals surface area contributed by atoms with E-state index in [0.29, 0.717) is 43.6 Å². The summed E-state index contributed by atoms with van der Waals surface area (Å²) in [7, 11) is 1.59. The van der Waals surface area contributed by atoms with Crippen LogP contribution >= 0.6 is 0 Å². The number of ether oxygens (including phenoxy) is 4. The van der Waals surface area contributed by atoms with E-state index in [-0.39, 0.29) is 18.1 Å². The summed E-state index contributed by atoms with van der Waals surface area (Å²) in [5.74, 6) is 1.84. The van der Waals surface area contributed by atoms with Crippen molar-refractivity contribution in [3.8, 4) is 17.2 Å². The van der Waals surface area contributed by atoms with Crippen molar-refractivity contribution in [2.24, 2.45) is 0 Å². The average molecular weight is 333 g/mol. The van der Waals surface area contributed by atoms with Gasteiger partial charge in [0.2, 0.25) is 11.7 Å². The number of methoxy groups -OCH3 is 1. The maximum absolute atomic E-state index is 12.4. The molecule has 2 atom stereocenters. The predicted molar refractivity (Wildman–Crippen MR) is 89.6 cm³/mol. The maximum Gasteiger partial charge on any atom is 0.246 e. The van der Waals surface area contributed by atoms with Gasteiger partial charge in [0.1, 0.15) is 13.2 Å². The molecular weight excluding hydrogens is 310 g/mol. The van der Waals surface area contributed by atoms with Crippen molar-refractivity contribution in [3.63, 3.8) is 0 Å². The third kappa shape index (κ3) is 3.64. The van der Waals surface area contributed by atoms with Crippen molar-refractivity contribution < 1.29 is 23.7 Å². The first-order chi connectivity index (χ1) is 11.6. The molecule has 1 amide bonds. The van der Waals surface area contributed by atoms with Gasteiger partial charge in [-0.05, 0) is 37.6 Å². The molecule has 1 fully saturated rings. The molecule has 1 aromatic rings. The van der Waals surface area contributed by atoms with Gasteiger partial charge in [-0.1, -0.05) is 0 Å². The average Bonchev–Trinajstić information content (AvgIpc) is 2.58. The second-order valence-corrected chi connectivity index (χ2v) is 6.08. The Morgan fingerprint density at radius 2 is 1.92 bits per heavy atom. The van der Waals surface area contributed by atoms with Gasteiger partial charge in [-0.15, -0.1) is 0 Å². The topological polar surface area (TPSA) is 57.2 Å². The Kier molecular flexibility index (Phi) is 4.94. The van der Waals surface area contributed by atoms with Crippen molar-refractivity contribution in [2.45, 2.75) is 26.1 Å². The molecule has 0 saturated carbocycles. The minimum absolute atomic E-state index is 0.0224. The van der Waals surface area contributed by atoms with E-state index in [1.165, 1.54) is 0 Å². The molecule has 2 aliphatic rings. The van der Waals surface area contributed by atoms with Crippen LogP contribution in [0.3, 0.4) is 0 Å². The zero-order chi connectivity index (χ0) is 17.1. The van der Waals surface area contributed by atoms with Crippen molar-refractivity contribution in [1.29, 1.82) is 0 Å². The lowest BCUT2D eigenvalue weighted by Crippen LogP contribution is -2.47. The fourth-order valence-corrected chi connectivity index (χ4v) is 3.02. The highest BCUT2D eigenvalue weighted by Crippen LogP contribution is 2.40. The molecule has 0 aliphatic carbocycles. The number of hydrogen-bond donors (Lipinski definition) is 0. The number of carbonyl (C=O) groups excluding carboxylic acids is 1. The Morgan fingerprint density at radius 3 is 2.62 bits per heavy atom. The normalized spacial score (nSPS) is 23.4. The zero-order valence-electron chi connectivity index (χ0n) is 14.3. The van der Waals surface area contributed by atoms with Gasteiger partial charge in [0.25, 0.3) is 0 Å². The minimum Gasteiger partial charge on any atom is -0.493 e. The summed E-state index contributed by atoms with van der Waals surface area (Å²) in [4.78, 5) is 14.2. The number of amides is 1. The van der Waals surface area contributed by atoms with Crippen LogP contribution in [0.1, 0.15) is 19.4 Å². The van der Waals surface area contributed by atoms with Crippen molar-refractivity contribution in [3.05, 3.63) is 23.8 Å². The van der Waals surface area contributed by atoms with Crippen LogP contribution in [0.5, 0.6) is 17.2 Å². The molecule has 3 rings (SSSR count). The van der Waals surface area contributed by atoms with E-state index < -0.39 is 0 Å². The first-order valence-corrected chi connectivity index (χ1v) is 8.17. The predicted octanol–water partition coefficient (Wildman–Crippen LogP) is 2.12. The van der Waals surface area contributed by atoms with E-state index in [9.17, 15) is 4.79 Å². The lowest BCUT2D eigenvalue weighted by atomic mass is 10.1. The molecular formula is C18H23NO5. The fourth-order valence-electron chi connectivity index (χ4n) is 3.02. The Hall–Kier alpha value is -2.21. The maximum atomic E-state index is 12.4. The van der Waals surface area contributed by atoms with E-state index in [1.54, 1.807) is 19.3 Å². The monoisotopic (exact) mass is 333 g/mol. The highest BCUT2D eigenvalue weighted by atomic mass is 16.6. The summed E-state index contributed by atoms with van der Waals surface area (Å²) in [6, 6.07) is 3.69. The SMILES string of the molecule is COc1cc(/C=C/C(=O)N2CC(C)OC(C)C2)cc2c1OCCO2. The lowest BCUT2D eigenvalue weighted by Gasteiger charge is -2.34. The molecule has 2 heterocycles. The minimum atomic E-state index is -0.0224. The quantitative estimate of drug-likeness (QED) is 0.793. The summed E-state index contributed by atoms with van der Waals surface area (Å²) in [5.41, 5.74) is 0.832. The molecule has 1 saturated heterocycles. The van der Waals surface area contributed by atoms with Crippen molar-refractivity contribution in [2.75, 3.05) is 33.4 Å². The number of benzene rings is 1. The summed E-state index contributed by atoms with van der Waals surface area (Å²) < 4.78 is 22.2. The summed E-state index contributed by atoms with van der Waals surface area (Å²) in [5, 5.41) is 0. The highest BCUT2D eigenvalue weighted by Gasteiger charge is 2.24. The number of fused-ring (bicyclic) bond motifs is 1. The summed E-state index contributed by atoms with van der Waals surface area (Å²) in [6.07, 6.45) is 3.46. The molecule has 0 aromatic heterocycles. The molecule has 0 bridgehead atoms. The number of morpholine rings is 1. The van der Waals surface area contributed by atoms with Crippen LogP contribution < -0.4 is 14.2 Å². The van der Waals surface area contributed by atoms with Gasteiger partial charge in [-0.3, -0.25) is 4.79 Å². The van der Waals surface area contributed by atoms with Crippen LogP contribution in [-0.4, -0.2) is 56.4 Å². The molecule has 130 valence electrons. The molecule has 0 N–H and O–H groups in total. The van der Waals surface area contributed by atoms with Crippen molar-refractivity contribution in [1.82, 2.24) is 4.90 Å². The Morgan fingerprint density at radius 1 is 1.21 bits per heavy atom. The number of hydrogen-bond acceptors (Lipinski definition) is 5. The molecule has 24 heavy (non-hydrogen) atoms. The van der Waals surface area contributed by atoms with Crippen molar-refractivity contribution >= 4 is 12.0 Å².